The zero-order valence-corrected chi connectivity index (χ0v) is 17.2. The van der Waals surface area contributed by atoms with Gasteiger partial charge in [-0.05, 0) is 19.1 Å². The van der Waals surface area contributed by atoms with Gasteiger partial charge in [-0.3, -0.25) is 19.0 Å². The van der Waals surface area contributed by atoms with Gasteiger partial charge in [0.1, 0.15) is 5.76 Å². The van der Waals surface area contributed by atoms with Gasteiger partial charge in [-0.15, -0.1) is 0 Å². The molecule has 0 saturated heterocycles. The Kier molecular flexibility index (Phi) is 6.39. The topological polar surface area (TPSA) is 107 Å². The summed E-state index contributed by atoms with van der Waals surface area (Å²) in [5, 5.41) is 12.1. The molecular weight excluding hydrogens is 441 g/mol. The molecule has 31 heavy (non-hydrogen) atoms. The molecule has 0 fully saturated rings. The molecule has 0 aromatic carbocycles. The highest BCUT2D eigenvalue weighted by Crippen LogP contribution is 2.35. The number of rotatable bonds is 7. The number of amides is 2. The zero-order chi connectivity index (χ0) is 22.8. The van der Waals surface area contributed by atoms with Crippen LogP contribution in [-0.4, -0.2) is 31.4 Å². The van der Waals surface area contributed by atoms with Crippen molar-refractivity contribution in [2.45, 2.75) is 32.6 Å². The lowest BCUT2D eigenvalue weighted by Gasteiger charge is -2.07. The van der Waals surface area contributed by atoms with Crippen LogP contribution in [0.4, 0.5) is 18.9 Å². The van der Waals surface area contributed by atoms with E-state index in [4.69, 9.17) is 16.0 Å². The predicted octanol–water partition coefficient (Wildman–Crippen LogP) is 3.15. The number of anilines is 1. The second-order valence-electron chi connectivity index (χ2n) is 6.59. The average Bonchev–Trinajstić information content (AvgIpc) is 3.39. The van der Waals surface area contributed by atoms with Crippen molar-refractivity contribution in [2.75, 3.05) is 5.32 Å². The summed E-state index contributed by atoms with van der Waals surface area (Å²) in [6.45, 7) is 1.38. The lowest BCUT2D eigenvalue weighted by Crippen LogP contribution is -2.25. The molecule has 166 valence electrons. The van der Waals surface area contributed by atoms with Gasteiger partial charge in [-0.25, -0.2) is 0 Å². The number of aryl methyl sites for hydroxylation is 2. The van der Waals surface area contributed by atoms with Gasteiger partial charge in [-0.1, -0.05) is 11.6 Å². The number of hydrogen-bond acceptors (Lipinski definition) is 5. The molecule has 0 unspecified atom stereocenters. The maximum absolute atomic E-state index is 12.9. The molecule has 0 bridgehead atoms. The Labute approximate surface area is 179 Å². The summed E-state index contributed by atoms with van der Waals surface area (Å²) < 4.78 is 46.2. The van der Waals surface area contributed by atoms with E-state index in [0.29, 0.717) is 5.76 Å². The number of aromatic nitrogens is 4. The molecule has 3 rings (SSSR count). The lowest BCUT2D eigenvalue weighted by molar-refractivity contribution is -0.141. The molecule has 0 radical (unpaired) electrons. The number of nitrogens with zero attached hydrogens (tertiary/aromatic N) is 4. The minimum absolute atomic E-state index is 0.0138. The zero-order valence-electron chi connectivity index (χ0n) is 16.5. The molecule has 0 aliphatic carbocycles. The number of furan rings is 1. The Balaban J connectivity index is 1.63. The summed E-state index contributed by atoms with van der Waals surface area (Å²) in [6, 6.07) is 3.37. The Bertz CT molecular complexity index is 1090. The standard InChI is InChI=1S/C18H18ClF3N6O3/c1-10-14(19)16(18(20,21)22)26-28(10)6-5-13(29)24-12-9-27(2)25-15(12)17(30)23-8-11-4-3-7-31-11/h3-4,7,9H,5-6,8H2,1-2H3,(H,23,30)(H,24,29). The van der Waals surface area contributed by atoms with Crippen LogP contribution in [-0.2, 0) is 31.1 Å². The van der Waals surface area contributed by atoms with Crippen LogP contribution in [0, 0.1) is 6.92 Å². The largest absolute Gasteiger partial charge is 0.467 e. The van der Waals surface area contributed by atoms with Crippen molar-refractivity contribution in [1.82, 2.24) is 24.9 Å². The molecule has 9 nitrogen and oxygen atoms in total. The molecule has 2 amide bonds. The minimum atomic E-state index is -4.69. The lowest BCUT2D eigenvalue weighted by atomic mass is 10.3. The monoisotopic (exact) mass is 458 g/mol. The maximum atomic E-state index is 12.9. The molecule has 0 aliphatic rings. The summed E-state index contributed by atoms with van der Waals surface area (Å²) in [4.78, 5) is 24.7. The molecular formula is C18H18ClF3N6O3. The van der Waals surface area contributed by atoms with Gasteiger partial charge >= 0.3 is 6.18 Å². The van der Waals surface area contributed by atoms with Crippen molar-refractivity contribution in [3.63, 3.8) is 0 Å². The quantitative estimate of drug-likeness (QED) is 0.565. The van der Waals surface area contributed by atoms with Gasteiger partial charge in [0.25, 0.3) is 5.91 Å². The molecule has 0 atom stereocenters. The normalized spacial score (nSPS) is 11.5. The first kappa shape index (κ1) is 22.4. The molecule has 0 aliphatic heterocycles. The van der Waals surface area contributed by atoms with Gasteiger partial charge in [0, 0.05) is 19.7 Å². The highest BCUT2D eigenvalue weighted by atomic mass is 35.5. The van der Waals surface area contributed by atoms with E-state index in [1.54, 1.807) is 19.2 Å². The first-order valence-electron chi connectivity index (χ1n) is 9.00. The maximum Gasteiger partial charge on any atom is 0.436 e. The van der Waals surface area contributed by atoms with Gasteiger partial charge in [-0.2, -0.15) is 23.4 Å². The van der Waals surface area contributed by atoms with Crippen molar-refractivity contribution >= 4 is 29.1 Å². The third-order valence-electron chi connectivity index (χ3n) is 4.27. The van der Waals surface area contributed by atoms with Crippen LogP contribution in [0.25, 0.3) is 0 Å². The highest BCUT2D eigenvalue weighted by Gasteiger charge is 2.38. The minimum Gasteiger partial charge on any atom is -0.467 e. The second-order valence-corrected chi connectivity index (χ2v) is 6.97. The number of nitrogens with one attached hydrogen (secondary N) is 2. The van der Waals surface area contributed by atoms with Crippen LogP contribution < -0.4 is 10.6 Å². The average molecular weight is 459 g/mol. The highest BCUT2D eigenvalue weighted by molar-refractivity contribution is 6.31. The van der Waals surface area contributed by atoms with Crippen LogP contribution in [0.2, 0.25) is 5.02 Å². The summed E-state index contributed by atoms with van der Waals surface area (Å²) in [7, 11) is 1.58. The fourth-order valence-electron chi connectivity index (χ4n) is 2.76. The molecule has 3 aromatic heterocycles. The summed E-state index contributed by atoms with van der Waals surface area (Å²) in [5.41, 5.74) is -0.952. The summed E-state index contributed by atoms with van der Waals surface area (Å²) in [5.74, 6) is -0.522. The van der Waals surface area contributed by atoms with Crippen LogP contribution >= 0.6 is 11.6 Å². The fourth-order valence-corrected chi connectivity index (χ4v) is 3.00. The van der Waals surface area contributed by atoms with Gasteiger partial charge in [0.15, 0.2) is 11.4 Å². The Morgan fingerprint density at radius 1 is 1.29 bits per heavy atom. The van der Waals surface area contributed by atoms with Crippen molar-refractivity contribution < 1.29 is 27.2 Å². The van der Waals surface area contributed by atoms with E-state index >= 15 is 0 Å². The van der Waals surface area contributed by atoms with Crippen molar-refractivity contribution in [1.29, 1.82) is 0 Å². The third-order valence-corrected chi connectivity index (χ3v) is 4.73. The number of hydrogen-bond donors (Lipinski definition) is 2. The van der Waals surface area contributed by atoms with E-state index in [2.05, 4.69) is 20.8 Å². The van der Waals surface area contributed by atoms with E-state index in [9.17, 15) is 22.8 Å². The smallest absolute Gasteiger partial charge is 0.436 e. The first-order chi connectivity index (χ1) is 14.6. The van der Waals surface area contributed by atoms with E-state index in [1.165, 1.54) is 24.1 Å². The number of alkyl halides is 3. The Morgan fingerprint density at radius 3 is 2.65 bits per heavy atom. The van der Waals surface area contributed by atoms with Crippen LogP contribution in [0.1, 0.15) is 34.1 Å². The Morgan fingerprint density at radius 2 is 2.03 bits per heavy atom. The first-order valence-corrected chi connectivity index (χ1v) is 9.38. The molecule has 0 spiro atoms. The van der Waals surface area contributed by atoms with Crippen molar-refractivity contribution in [2.24, 2.45) is 7.05 Å². The van der Waals surface area contributed by atoms with E-state index in [1.807, 2.05) is 0 Å². The number of carbonyl (C=O) groups is 2. The third kappa shape index (κ3) is 5.26. The van der Waals surface area contributed by atoms with E-state index in [-0.39, 0.29) is 36.6 Å². The van der Waals surface area contributed by atoms with E-state index < -0.39 is 28.7 Å². The summed E-state index contributed by atoms with van der Waals surface area (Å²) in [6.07, 6.45) is -1.97. The van der Waals surface area contributed by atoms with Gasteiger partial charge in [0.05, 0.1) is 35.8 Å². The SMILES string of the molecule is Cc1c(Cl)c(C(F)(F)F)nn1CCC(=O)Nc1cn(C)nc1C(=O)NCc1ccco1. The fraction of sp³-hybridized carbons (Fsp3) is 0.333. The van der Waals surface area contributed by atoms with E-state index in [0.717, 1.165) is 4.68 Å². The van der Waals surface area contributed by atoms with Gasteiger partial charge in [0.2, 0.25) is 5.91 Å². The van der Waals surface area contributed by atoms with Crippen LogP contribution in [0.15, 0.2) is 29.0 Å². The molecule has 13 heteroatoms. The van der Waals surface area contributed by atoms with Crippen molar-refractivity contribution in [3.8, 4) is 0 Å². The number of halogens is 4. The molecule has 3 aromatic rings. The molecule has 2 N–H and O–H groups in total. The van der Waals surface area contributed by atoms with Gasteiger partial charge < -0.3 is 15.1 Å². The number of carbonyl (C=O) groups excluding carboxylic acids is 2. The summed E-state index contributed by atoms with van der Waals surface area (Å²) >= 11 is 5.70. The van der Waals surface area contributed by atoms with Crippen LogP contribution in [0.5, 0.6) is 0 Å². The second kappa shape index (κ2) is 8.84. The Hall–Kier alpha value is -3.28. The molecule has 3 heterocycles. The predicted molar refractivity (Wildman–Crippen MR) is 103 cm³/mol. The van der Waals surface area contributed by atoms with Crippen molar-refractivity contribution in [3.05, 3.63) is 52.5 Å². The van der Waals surface area contributed by atoms with Crippen LogP contribution in [0.3, 0.4) is 0 Å². The molecule has 0 saturated carbocycles.